The number of nitrogens with one attached hydrogen (secondary N) is 1. The summed E-state index contributed by atoms with van der Waals surface area (Å²) in [4.78, 5) is 27.8. The van der Waals surface area contributed by atoms with Gasteiger partial charge in [-0.25, -0.2) is 8.42 Å². The number of carboxylic acids is 1. The molecule has 6 aliphatic carbocycles. The van der Waals surface area contributed by atoms with Crippen molar-refractivity contribution in [3.63, 3.8) is 0 Å². The number of sulfone groups is 1. The highest BCUT2D eigenvalue weighted by Crippen LogP contribution is 2.76. The minimum Gasteiger partial charge on any atom is -0.481 e. The summed E-state index contributed by atoms with van der Waals surface area (Å²) in [5.41, 5.74) is 1.27. The fraction of sp³-hybridized carbons (Fsp3) is 0.911. The summed E-state index contributed by atoms with van der Waals surface area (Å²) in [5.74, 6) is 1.30. The largest absolute Gasteiger partial charge is 0.481 e. The van der Waals surface area contributed by atoms with Gasteiger partial charge in [-0.05, 0) is 128 Å². The van der Waals surface area contributed by atoms with E-state index >= 15 is 0 Å². The second-order valence-corrected chi connectivity index (χ2v) is 24.4. The van der Waals surface area contributed by atoms with Gasteiger partial charge in [-0.1, -0.05) is 74.5 Å². The molecule has 0 aromatic heterocycles. The van der Waals surface area contributed by atoms with Gasteiger partial charge in [0, 0.05) is 36.6 Å². The summed E-state index contributed by atoms with van der Waals surface area (Å²) in [5, 5.41) is 14.1. The number of fused-ring (bicyclic) bond motifs is 7. The van der Waals surface area contributed by atoms with Crippen LogP contribution < -0.4 is 5.32 Å². The minimum atomic E-state index is -2.92. The lowest BCUT2D eigenvalue weighted by Gasteiger charge is -2.73. The molecule has 0 bridgehead atoms. The molecule has 0 amide bonds. The van der Waals surface area contributed by atoms with Crippen LogP contribution in [-0.2, 0) is 24.2 Å². The number of allylic oxidation sites excluding steroid dienone is 1. The zero-order chi connectivity index (χ0) is 39.6. The lowest BCUT2D eigenvalue weighted by atomic mass is 9.32. The van der Waals surface area contributed by atoms with Gasteiger partial charge in [0.25, 0.3) is 0 Å². The maximum atomic E-state index is 13.5. The molecule has 7 aliphatic rings. The van der Waals surface area contributed by atoms with Crippen LogP contribution in [0.15, 0.2) is 12.2 Å². The van der Waals surface area contributed by atoms with Crippen LogP contribution in [0, 0.1) is 74.4 Å². The van der Waals surface area contributed by atoms with Crippen molar-refractivity contribution in [1.82, 2.24) is 10.2 Å². The number of carbonyl (C=O) groups is 2. The van der Waals surface area contributed by atoms with Gasteiger partial charge < -0.3 is 15.2 Å². The fourth-order valence-electron chi connectivity index (χ4n) is 15.5. The highest BCUT2D eigenvalue weighted by atomic mass is 32.2. The van der Waals surface area contributed by atoms with Crippen molar-refractivity contribution in [1.29, 1.82) is 0 Å². The van der Waals surface area contributed by atoms with Crippen molar-refractivity contribution in [2.75, 3.05) is 31.1 Å². The van der Waals surface area contributed by atoms with Crippen LogP contribution in [0.5, 0.6) is 0 Å². The van der Waals surface area contributed by atoms with E-state index in [0.717, 1.165) is 25.8 Å². The predicted molar refractivity (Wildman–Crippen MR) is 214 cm³/mol. The first kappa shape index (κ1) is 40.7. The van der Waals surface area contributed by atoms with Gasteiger partial charge >= 0.3 is 11.9 Å². The molecule has 2 N–H and O–H groups in total. The maximum Gasteiger partial charge on any atom is 0.310 e. The summed E-state index contributed by atoms with van der Waals surface area (Å²) >= 11 is 0. The molecule has 0 spiro atoms. The Kier molecular flexibility index (Phi) is 10.0. The summed E-state index contributed by atoms with van der Waals surface area (Å²) in [6.07, 6.45) is 11.4. The minimum absolute atomic E-state index is 0.0901. The zero-order valence-corrected chi connectivity index (χ0v) is 36.2. The van der Waals surface area contributed by atoms with E-state index < -0.39 is 33.1 Å². The second-order valence-electron chi connectivity index (χ2n) is 22.1. The number of rotatable bonds is 9. The van der Waals surface area contributed by atoms with E-state index in [1.807, 2.05) is 13.8 Å². The molecule has 1 heterocycles. The number of hydrogen-bond donors (Lipinski definition) is 2. The van der Waals surface area contributed by atoms with Gasteiger partial charge in [0.1, 0.15) is 6.10 Å². The fourth-order valence-corrected chi connectivity index (χ4v) is 16.8. The third-order valence-corrected chi connectivity index (χ3v) is 20.5. The standard InChI is InChI=1S/C45H74N2O6S/c1-27(2)29-14-19-45(46-26-31(28(3)4)47-22-24-54(51,52)25-23-47)21-20-43(10)30(35(29)45)12-13-33-42(9)17-16-34(40(5,6)32(42)15-18-44(33,43)11)53-39(50)37-36(38(48)49)41(37,7)8/h28-37,46H,1,12-26H2,2-11H3,(H,48,49)/t29-,30+,31+,32-,33+,34-,35+,36-,37+,42-,43+,44+,45-/m0/s1. The van der Waals surface area contributed by atoms with E-state index in [-0.39, 0.29) is 50.8 Å². The van der Waals surface area contributed by atoms with E-state index in [9.17, 15) is 23.1 Å². The Morgan fingerprint density at radius 2 is 1.50 bits per heavy atom. The molecule has 6 saturated carbocycles. The SMILES string of the molecule is C=C(C)[C@@H]1CC[C@]2(NC[C@H](C(C)C)N3CCS(=O)(=O)CC3)CC[C@]3(C)[C@H](CC[C@@H]4[C@@]5(C)CC[C@H](OC(=O)[C@H]6[C@@H](C(=O)O)C6(C)C)C(C)(C)[C@@H]5CC[C@]43C)[C@@H]12. The number of aliphatic carboxylic acids is 1. The van der Waals surface area contributed by atoms with E-state index in [1.165, 1.54) is 50.5 Å². The van der Waals surface area contributed by atoms with Crippen molar-refractivity contribution >= 4 is 21.8 Å². The van der Waals surface area contributed by atoms with Crippen LogP contribution in [0.4, 0.5) is 0 Å². The molecule has 7 rings (SSSR count). The van der Waals surface area contributed by atoms with Gasteiger partial charge in [0.15, 0.2) is 9.84 Å². The highest BCUT2D eigenvalue weighted by Gasteiger charge is 2.72. The maximum absolute atomic E-state index is 13.5. The van der Waals surface area contributed by atoms with E-state index in [1.54, 1.807) is 0 Å². The zero-order valence-electron chi connectivity index (χ0n) is 35.4. The molecule has 54 heavy (non-hydrogen) atoms. The van der Waals surface area contributed by atoms with Gasteiger partial charge in [-0.15, -0.1) is 0 Å². The molecule has 306 valence electrons. The normalized spacial score (nSPS) is 46.6. The highest BCUT2D eigenvalue weighted by molar-refractivity contribution is 7.91. The summed E-state index contributed by atoms with van der Waals surface area (Å²) < 4.78 is 31.0. The summed E-state index contributed by atoms with van der Waals surface area (Å²) in [7, 11) is -2.92. The van der Waals surface area contributed by atoms with Crippen molar-refractivity contribution in [2.24, 2.45) is 74.4 Å². The molecule has 8 nitrogen and oxygen atoms in total. The molecule has 0 radical (unpaired) electrons. The van der Waals surface area contributed by atoms with E-state index in [2.05, 4.69) is 72.2 Å². The number of nitrogens with zero attached hydrogens (tertiary/aromatic N) is 1. The van der Waals surface area contributed by atoms with Crippen LogP contribution in [0.2, 0.25) is 0 Å². The average molecular weight is 771 g/mol. The number of esters is 1. The Balaban J connectivity index is 1.11. The van der Waals surface area contributed by atoms with E-state index in [4.69, 9.17) is 4.74 Å². The second kappa shape index (κ2) is 13.3. The average Bonchev–Trinajstić information content (AvgIpc) is 3.45. The molecule has 0 unspecified atom stereocenters. The van der Waals surface area contributed by atoms with Crippen LogP contribution in [-0.4, -0.2) is 79.2 Å². The topological polar surface area (TPSA) is 113 Å². The Morgan fingerprint density at radius 3 is 2.09 bits per heavy atom. The van der Waals surface area contributed by atoms with Crippen LogP contribution in [0.25, 0.3) is 0 Å². The van der Waals surface area contributed by atoms with Gasteiger partial charge in [0.05, 0.1) is 23.3 Å². The number of ether oxygens (including phenoxy) is 1. The van der Waals surface area contributed by atoms with Gasteiger partial charge in [-0.2, -0.15) is 0 Å². The van der Waals surface area contributed by atoms with Crippen LogP contribution >= 0.6 is 0 Å². The molecule has 0 aromatic carbocycles. The monoisotopic (exact) mass is 771 g/mol. The molecular formula is C45H74N2O6S. The Hall–Kier alpha value is -1.45. The number of hydrogen-bond acceptors (Lipinski definition) is 7. The van der Waals surface area contributed by atoms with Gasteiger partial charge in [0.2, 0.25) is 0 Å². The first-order chi connectivity index (χ1) is 25.0. The number of carboxylic acid groups (broad SMARTS) is 1. The first-order valence-electron chi connectivity index (χ1n) is 21.7. The smallest absolute Gasteiger partial charge is 0.310 e. The summed E-state index contributed by atoms with van der Waals surface area (Å²) in [6.45, 7) is 30.1. The Labute approximate surface area is 327 Å². The van der Waals surface area contributed by atoms with Crippen LogP contribution in [0.1, 0.15) is 133 Å². The van der Waals surface area contributed by atoms with Crippen molar-refractivity contribution in [3.8, 4) is 0 Å². The molecule has 13 atom stereocenters. The lowest BCUT2D eigenvalue weighted by Crippen LogP contribution is -2.69. The molecule has 7 fully saturated rings. The quantitative estimate of drug-likeness (QED) is 0.179. The molecule has 9 heteroatoms. The molecule has 1 aliphatic heterocycles. The summed E-state index contributed by atoms with van der Waals surface area (Å²) in [6, 6.07) is 0.323. The first-order valence-corrected chi connectivity index (χ1v) is 23.6. The third kappa shape index (κ3) is 6.02. The Bertz CT molecular complexity index is 1630. The lowest BCUT2D eigenvalue weighted by molar-refractivity contribution is -0.246. The molecular weight excluding hydrogens is 697 g/mol. The number of carbonyl (C=O) groups excluding carboxylic acids is 1. The molecule has 0 aromatic rings. The molecule has 1 saturated heterocycles. The van der Waals surface area contributed by atoms with E-state index in [0.29, 0.717) is 54.6 Å². The van der Waals surface area contributed by atoms with Crippen molar-refractivity contribution in [3.05, 3.63) is 12.2 Å². The Morgan fingerprint density at radius 1 is 0.833 bits per heavy atom. The van der Waals surface area contributed by atoms with Crippen molar-refractivity contribution in [2.45, 2.75) is 151 Å². The van der Waals surface area contributed by atoms with Crippen molar-refractivity contribution < 1.29 is 27.9 Å². The van der Waals surface area contributed by atoms with Crippen LogP contribution in [0.3, 0.4) is 0 Å². The third-order valence-electron chi connectivity index (χ3n) is 18.9. The van der Waals surface area contributed by atoms with Gasteiger partial charge in [-0.3, -0.25) is 14.5 Å². The predicted octanol–water partition coefficient (Wildman–Crippen LogP) is 8.01.